The summed E-state index contributed by atoms with van der Waals surface area (Å²) in [7, 11) is 0. The molecule has 96 heavy (non-hydrogen) atoms. The van der Waals surface area contributed by atoms with E-state index in [1.807, 2.05) is 0 Å². The number of hydrogen-bond acceptors (Lipinski definition) is 0. The number of hydrogen-bond donors (Lipinski definition) is 0. The lowest BCUT2D eigenvalue weighted by Gasteiger charge is -2.45. The fourth-order valence-corrected chi connectivity index (χ4v) is 19.9. The topological polar surface area (TPSA) is 0 Å². The van der Waals surface area contributed by atoms with Crippen LogP contribution in [0, 0.1) is 181 Å². The Hall–Kier alpha value is 0. The Morgan fingerprint density at radius 3 is 0.688 bits per heavy atom. The molecule has 12 saturated carbocycles. The summed E-state index contributed by atoms with van der Waals surface area (Å²) < 4.78 is 0. The van der Waals surface area contributed by atoms with Crippen molar-refractivity contribution in [1.82, 2.24) is 0 Å². The maximum absolute atomic E-state index is 2.39. The van der Waals surface area contributed by atoms with Crippen molar-refractivity contribution in [3.8, 4) is 0 Å². The van der Waals surface area contributed by atoms with Crippen LogP contribution >= 0.6 is 0 Å². The summed E-state index contributed by atoms with van der Waals surface area (Å²) in [4.78, 5) is 0. The maximum Gasteiger partial charge on any atom is -0.0329 e. The average Bonchev–Trinajstić information content (AvgIpc) is 1.82. The van der Waals surface area contributed by atoms with Crippen LogP contribution in [0.3, 0.4) is 0 Å². The molecule has 0 aromatic carbocycles. The molecule has 576 valence electrons. The minimum Gasteiger partial charge on any atom is -0.0651 e. The van der Waals surface area contributed by atoms with Crippen LogP contribution in [0.2, 0.25) is 0 Å². The average molecular weight is 1350 g/mol. The van der Waals surface area contributed by atoms with Crippen molar-refractivity contribution in [2.24, 2.45) is 181 Å². The van der Waals surface area contributed by atoms with Gasteiger partial charge in [0.25, 0.3) is 0 Å². The summed E-state index contributed by atoms with van der Waals surface area (Å²) in [5, 5.41) is 0. The molecule has 12 rings (SSSR count). The zero-order valence-corrected chi connectivity index (χ0v) is 73.8. The van der Waals surface area contributed by atoms with Crippen LogP contribution in [0.4, 0.5) is 0 Å². The van der Waals surface area contributed by atoms with Crippen LogP contribution in [-0.2, 0) is 0 Å². The quantitative estimate of drug-likeness (QED) is 0.263. The zero-order chi connectivity index (χ0) is 73.8. The fraction of sp³-hybridized carbons (Fsp3) is 1.00. The highest BCUT2D eigenvalue weighted by molar-refractivity contribution is 4.88. The Morgan fingerprint density at radius 1 is 0.281 bits per heavy atom. The van der Waals surface area contributed by atoms with Gasteiger partial charge in [0.1, 0.15) is 0 Å². The van der Waals surface area contributed by atoms with E-state index < -0.39 is 0 Å². The number of rotatable bonds is 4. The van der Waals surface area contributed by atoms with Gasteiger partial charge < -0.3 is 0 Å². The van der Waals surface area contributed by atoms with Gasteiger partial charge in [-0.05, 0) is 258 Å². The SMILES string of the molecule is CC1C(C)C(C)C1C.CC1CC(C(C)C)C1.CC1CC(C)C(C)C1.CC1CC(C)[C@@H](C)C1.CC1CCC(C)(C)C1.CC1CCC(C)C1C.CC1CCC(C)C1C.CC1CCCC1(C)C.CCC(C)C1CCC1.CCC1CCCC1C.C[C@H]1CCC(C)(C)C1.C[C@H]1CCCC1(C)C. The second kappa shape index (κ2) is 46.1. The Balaban J connectivity index is 0.000000524. The molecule has 0 heteroatoms. The molecule has 13 unspecified atom stereocenters. The van der Waals surface area contributed by atoms with E-state index in [9.17, 15) is 0 Å². The predicted molar refractivity (Wildman–Crippen MR) is 441 cm³/mol. The largest absolute Gasteiger partial charge is 0.0651 e. The third-order valence-corrected chi connectivity index (χ3v) is 31.6. The lowest BCUT2D eigenvalue weighted by atomic mass is 9.60. The van der Waals surface area contributed by atoms with Crippen LogP contribution < -0.4 is 0 Å². The minimum atomic E-state index is 0.653. The van der Waals surface area contributed by atoms with Crippen molar-refractivity contribution in [2.45, 2.75) is 435 Å². The Morgan fingerprint density at radius 2 is 0.594 bits per heavy atom. The van der Waals surface area contributed by atoms with E-state index in [1.165, 1.54) is 193 Å². The van der Waals surface area contributed by atoms with E-state index in [0.29, 0.717) is 21.7 Å². The Bertz CT molecular complexity index is 1700. The van der Waals surface area contributed by atoms with Gasteiger partial charge >= 0.3 is 0 Å². The summed E-state index contributed by atoms with van der Waals surface area (Å²) >= 11 is 0. The van der Waals surface area contributed by atoms with Crippen molar-refractivity contribution in [2.75, 3.05) is 0 Å². The molecule has 12 aliphatic carbocycles. The molecule has 0 heterocycles. The van der Waals surface area contributed by atoms with E-state index in [1.54, 1.807) is 0 Å². The lowest BCUT2D eigenvalue weighted by Crippen LogP contribution is -2.39. The minimum absolute atomic E-state index is 0.653. The van der Waals surface area contributed by atoms with Crippen molar-refractivity contribution >= 4 is 0 Å². The lowest BCUT2D eigenvalue weighted by molar-refractivity contribution is 0.0302. The second-order valence-corrected chi connectivity index (χ2v) is 42.6. The van der Waals surface area contributed by atoms with Gasteiger partial charge in [-0.2, -0.15) is 0 Å². The summed E-state index contributed by atoms with van der Waals surface area (Å²) in [6.07, 6.45) is 43.8. The molecule has 0 bridgehead atoms. The summed E-state index contributed by atoms with van der Waals surface area (Å²) in [6, 6.07) is 0. The molecular weight excluding hydrogens is 1150 g/mol. The van der Waals surface area contributed by atoms with E-state index in [-0.39, 0.29) is 0 Å². The third-order valence-electron chi connectivity index (χ3n) is 31.6. The molecule has 16 atom stereocenters. The zero-order valence-electron chi connectivity index (χ0n) is 73.8. The van der Waals surface area contributed by atoms with E-state index in [4.69, 9.17) is 0 Å². The van der Waals surface area contributed by atoms with Gasteiger partial charge in [-0.25, -0.2) is 0 Å². The van der Waals surface area contributed by atoms with E-state index in [2.05, 4.69) is 242 Å². The molecule has 0 aromatic rings. The predicted octanol–water partition coefficient (Wildman–Crippen LogP) is 33.0. The van der Waals surface area contributed by atoms with Gasteiger partial charge in [0.15, 0.2) is 0 Å². The Labute approximate surface area is 612 Å². The third kappa shape index (κ3) is 36.1. The van der Waals surface area contributed by atoms with Crippen molar-refractivity contribution < 1.29 is 0 Å². The molecule has 0 aromatic heterocycles. The first-order valence-electron chi connectivity index (χ1n) is 44.3. The first-order chi connectivity index (χ1) is 44.3. The molecular formula is C96H192. The normalized spacial score (nSPS) is 40.8. The second-order valence-electron chi connectivity index (χ2n) is 42.6. The molecule has 0 amide bonds. The first-order valence-corrected chi connectivity index (χ1v) is 44.3. The first kappa shape index (κ1) is 94.0. The highest BCUT2D eigenvalue weighted by atomic mass is 14.4. The summed E-state index contributed by atoms with van der Waals surface area (Å²) in [5.41, 5.74) is 2.64. The molecule has 12 aliphatic rings. The van der Waals surface area contributed by atoms with Crippen LogP contribution in [0.25, 0.3) is 0 Å². The van der Waals surface area contributed by atoms with Gasteiger partial charge in [0.2, 0.25) is 0 Å². The Kier molecular flexibility index (Phi) is 45.1. The van der Waals surface area contributed by atoms with Gasteiger partial charge in [0, 0.05) is 0 Å². The van der Waals surface area contributed by atoms with Gasteiger partial charge in [-0.3, -0.25) is 0 Å². The van der Waals surface area contributed by atoms with Crippen molar-refractivity contribution in [3.63, 3.8) is 0 Å². The van der Waals surface area contributed by atoms with Crippen LogP contribution in [0.1, 0.15) is 435 Å². The molecule has 0 spiro atoms. The highest BCUT2D eigenvalue weighted by Gasteiger charge is 2.39. The summed E-state index contributed by atoms with van der Waals surface area (Å²) in [6.45, 7) is 82.7. The van der Waals surface area contributed by atoms with E-state index in [0.717, 1.165) is 160 Å². The van der Waals surface area contributed by atoms with Gasteiger partial charge in [-0.15, -0.1) is 0 Å². The molecule has 0 N–H and O–H groups in total. The monoisotopic (exact) mass is 1350 g/mol. The molecule has 0 radical (unpaired) electrons. The summed E-state index contributed by atoms with van der Waals surface area (Å²) in [5.74, 6) is 26.9. The molecule has 0 saturated heterocycles. The van der Waals surface area contributed by atoms with E-state index >= 15 is 0 Å². The smallest absolute Gasteiger partial charge is 0.0329 e. The highest BCUT2D eigenvalue weighted by Crippen LogP contribution is 2.47. The van der Waals surface area contributed by atoms with Crippen LogP contribution in [-0.4, -0.2) is 0 Å². The van der Waals surface area contributed by atoms with Crippen LogP contribution in [0.15, 0.2) is 0 Å². The fourth-order valence-electron chi connectivity index (χ4n) is 19.9. The van der Waals surface area contributed by atoms with Crippen molar-refractivity contribution in [1.29, 1.82) is 0 Å². The van der Waals surface area contributed by atoms with Crippen molar-refractivity contribution in [3.05, 3.63) is 0 Å². The van der Waals surface area contributed by atoms with Gasteiger partial charge in [-0.1, -0.05) is 358 Å². The standard InChI is InChI=1S/12C8H16/c2*1-6-4-7(2)8(3)5-6;1-6(2)8-4-7(3)5-8;2*1-7-4-5-8(2,3)6-7;2*1-7-5-4-6-8(7,2)3;2*1-6-4-5-7(2)8(6)3;1-5-6(2)8(4)7(5)3;1-3-8-6-4-5-7(8)2;1-3-7(2)8-5-4-6-8/h3*6-8H,4-5H2,1-3H3;4*7H,4-6H2,1-3H3;2*6-8H,4-5H2,1-3H3;5-8H,1-4H3;2*7-8H,3-6H2,1-2H3/t6?,7-,8?;;;7-;;7-;;;;;;/m0..0.0....../s1. The van der Waals surface area contributed by atoms with Gasteiger partial charge in [0.05, 0.1) is 0 Å². The molecule has 12 fully saturated rings. The molecule has 0 aliphatic heterocycles. The molecule has 0 nitrogen and oxygen atoms in total. The maximum atomic E-state index is 2.39. The van der Waals surface area contributed by atoms with Crippen LogP contribution in [0.5, 0.6) is 0 Å².